The van der Waals surface area contributed by atoms with Gasteiger partial charge in [-0.3, -0.25) is 20.2 Å². The van der Waals surface area contributed by atoms with Gasteiger partial charge in [-0.2, -0.15) is 0 Å². The first-order valence-electron chi connectivity index (χ1n) is 6.61. The van der Waals surface area contributed by atoms with Gasteiger partial charge in [-0.1, -0.05) is 17.7 Å². The number of carbonyl (C=O) groups is 1. The van der Waals surface area contributed by atoms with Crippen LogP contribution < -0.4 is 15.4 Å². The van der Waals surface area contributed by atoms with Crippen LogP contribution in [0.15, 0.2) is 42.5 Å². The van der Waals surface area contributed by atoms with Gasteiger partial charge < -0.3 is 10.1 Å². The van der Waals surface area contributed by atoms with Gasteiger partial charge in [0.05, 0.1) is 18.1 Å². The van der Waals surface area contributed by atoms with E-state index in [1.165, 1.54) is 31.4 Å². The Kier molecular flexibility index (Phi) is 5.67. The zero-order valence-electron chi connectivity index (χ0n) is 12.4. The molecule has 0 spiro atoms. The number of ether oxygens (including phenoxy) is 1. The molecule has 0 radical (unpaired) electrons. The summed E-state index contributed by atoms with van der Waals surface area (Å²) < 4.78 is 4.95. The standard InChI is InChI=1S/C15H12ClN3O4S/c1-23-11-5-6-12(13(8-11)19(21)22)17-15(24)18-14(20)9-3-2-4-10(16)7-9/h2-8H,1H3,(H2,17,18,20,24). The number of amides is 1. The van der Waals surface area contributed by atoms with E-state index in [0.29, 0.717) is 16.3 Å². The Balaban J connectivity index is 2.12. The van der Waals surface area contributed by atoms with Gasteiger partial charge in [-0.05, 0) is 42.5 Å². The first kappa shape index (κ1) is 17.6. The first-order chi connectivity index (χ1) is 11.4. The number of nitro benzene ring substituents is 1. The molecule has 2 rings (SSSR count). The number of carbonyl (C=O) groups excluding carboxylic acids is 1. The molecule has 2 N–H and O–H groups in total. The number of nitrogens with one attached hydrogen (secondary N) is 2. The largest absolute Gasteiger partial charge is 0.496 e. The number of methoxy groups -OCH3 is 1. The third kappa shape index (κ3) is 4.40. The number of thiocarbonyl (C=S) groups is 1. The van der Waals surface area contributed by atoms with Crippen LogP contribution in [0.1, 0.15) is 10.4 Å². The Bertz CT molecular complexity index is 813. The summed E-state index contributed by atoms with van der Waals surface area (Å²) in [4.78, 5) is 22.6. The minimum Gasteiger partial charge on any atom is -0.496 e. The number of rotatable bonds is 4. The number of hydrogen-bond donors (Lipinski definition) is 2. The average molecular weight is 366 g/mol. The Hall–Kier alpha value is -2.71. The van der Waals surface area contributed by atoms with Crippen LogP contribution in [0.25, 0.3) is 0 Å². The molecule has 2 aromatic rings. The molecule has 0 fully saturated rings. The van der Waals surface area contributed by atoms with E-state index in [-0.39, 0.29) is 16.5 Å². The number of anilines is 1. The zero-order valence-corrected chi connectivity index (χ0v) is 14.0. The monoisotopic (exact) mass is 365 g/mol. The van der Waals surface area contributed by atoms with Gasteiger partial charge in [0.2, 0.25) is 0 Å². The van der Waals surface area contributed by atoms with Crippen LogP contribution in [0.2, 0.25) is 5.02 Å². The molecule has 0 unspecified atom stereocenters. The number of hydrogen-bond acceptors (Lipinski definition) is 5. The lowest BCUT2D eigenvalue weighted by molar-refractivity contribution is -0.384. The number of benzene rings is 2. The molecule has 24 heavy (non-hydrogen) atoms. The van der Waals surface area contributed by atoms with Crippen LogP contribution in [0.3, 0.4) is 0 Å². The predicted molar refractivity (Wildman–Crippen MR) is 94.8 cm³/mol. The Morgan fingerprint density at radius 2 is 2.04 bits per heavy atom. The predicted octanol–water partition coefficient (Wildman–Crippen LogP) is 3.38. The smallest absolute Gasteiger partial charge is 0.296 e. The van der Waals surface area contributed by atoms with Crippen molar-refractivity contribution in [2.75, 3.05) is 12.4 Å². The van der Waals surface area contributed by atoms with Crippen molar-refractivity contribution in [2.45, 2.75) is 0 Å². The Labute approximate surface area is 147 Å². The highest BCUT2D eigenvalue weighted by atomic mass is 35.5. The third-order valence-electron chi connectivity index (χ3n) is 2.96. The van der Waals surface area contributed by atoms with E-state index < -0.39 is 10.8 Å². The minimum atomic E-state index is -0.577. The van der Waals surface area contributed by atoms with Crippen LogP contribution >= 0.6 is 23.8 Å². The molecule has 2 aromatic carbocycles. The second kappa shape index (κ2) is 7.71. The van der Waals surface area contributed by atoms with Crippen molar-refractivity contribution in [2.24, 2.45) is 0 Å². The van der Waals surface area contributed by atoms with Crippen LogP contribution in [-0.4, -0.2) is 23.1 Å². The number of halogens is 1. The van der Waals surface area contributed by atoms with Crippen molar-refractivity contribution < 1.29 is 14.5 Å². The van der Waals surface area contributed by atoms with Crippen molar-refractivity contribution in [1.82, 2.24) is 5.32 Å². The van der Waals surface area contributed by atoms with E-state index in [1.54, 1.807) is 18.2 Å². The summed E-state index contributed by atoms with van der Waals surface area (Å²) in [5.41, 5.74) is 0.224. The molecule has 7 nitrogen and oxygen atoms in total. The van der Waals surface area contributed by atoms with Gasteiger partial charge in [0, 0.05) is 10.6 Å². The Morgan fingerprint density at radius 3 is 2.67 bits per heavy atom. The van der Waals surface area contributed by atoms with Gasteiger partial charge in [0.15, 0.2) is 5.11 Å². The molecule has 0 heterocycles. The first-order valence-corrected chi connectivity index (χ1v) is 7.39. The van der Waals surface area contributed by atoms with Crippen molar-refractivity contribution in [1.29, 1.82) is 0 Å². The third-order valence-corrected chi connectivity index (χ3v) is 3.40. The average Bonchev–Trinajstić information content (AvgIpc) is 2.54. The highest BCUT2D eigenvalue weighted by Gasteiger charge is 2.17. The lowest BCUT2D eigenvalue weighted by Gasteiger charge is -2.11. The van der Waals surface area contributed by atoms with Gasteiger partial charge >= 0.3 is 0 Å². The molecule has 124 valence electrons. The quantitative estimate of drug-likeness (QED) is 0.490. The normalized spacial score (nSPS) is 9.92. The fraction of sp³-hybridized carbons (Fsp3) is 0.0667. The summed E-state index contributed by atoms with van der Waals surface area (Å²) in [5, 5.41) is 16.5. The van der Waals surface area contributed by atoms with E-state index in [1.807, 2.05) is 0 Å². The summed E-state index contributed by atoms with van der Waals surface area (Å²) in [6.45, 7) is 0. The molecule has 9 heteroatoms. The van der Waals surface area contributed by atoms with E-state index in [9.17, 15) is 14.9 Å². The molecule has 0 bridgehead atoms. The molecule has 0 atom stereocenters. The second-order valence-corrected chi connectivity index (χ2v) is 5.40. The van der Waals surface area contributed by atoms with Crippen LogP contribution in [0, 0.1) is 10.1 Å². The molecular weight excluding hydrogens is 354 g/mol. The van der Waals surface area contributed by atoms with Gasteiger partial charge in [0.25, 0.3) is 11.6 Å². The van der Waals surface area contributed by atoms with Gasteiger partial charge in [-0.25, -0.2) is 0 Å². The molecule has 0 aliphatic rings. The van der Waals surface area contributed by atoms with Crippen molar-refractivity contribution in [3.63, 3.8) is 0 Å². The van der Waals surface area contributed by atoms with E-state index >= 15 is 0 Å². The van der Waals surface area contributed by atoms with Crippen molar-refractivity contribution >= 4 is 46.2 Å². The second-order valence-electron chi connectivity index (χ2n) is 4.56. The molecule has 0 aliphatic heterocycles. The summed E-state index contributed by atoms with van der Waals surface area (Å²) in [7, 11) is 1.40. The van der Waals surface area contributed by atoms with Crippen molar-refractivity contribution in [3.8, 4) is 5.75 Å². The summed E-state index contributed by atoms with van der Waals surface area (Å²) in [6, 6.07) is 10.5. The summed E-state index contributed by atoms with van der Waals surface area (Å²) in [6.07, 6.45) is 0. The Morgan fingerprint density at radius 1 is 1.29 bits per heavy atom. The molecule has 0 saturated heterocycles. The van der Waals surface area contributed by atoms with E-state index in [4.69, 9.17) is 28.6 Å². The maximum Gasteiger partial charge on any atom is 0.296 e. The van der Waals surface area contributed by atoms with Crippen LogP contribution in [-0.2, 0) is 0 Å². The zero-order chi connectivity index (χ0) is 17.7. The number of nitro groups is 1. The highest BCUT2D eigenvalue weighted by molar-refractivity contribution is 7.80. The van der Waals surface area contributed by atoms with Crippen LogP contribution in [0.4, 0.5) is 11.4 Å². The fourth-order valence-electron chi connectivity index (χ4n) is 1.85. The minimum absolute atomic E-state index is 0.0757. The van der Waals surface area contributed by atoms with E-state index in [0.717, 1.165) is 0 Å². The van der Waals surface area contributed by atoms with Crippen molar-refractivity contribution in [3.05, 3.63) is 63.2 Å². The summed E-state index contributed by atoms with van der Waals surface area (Å²) in [5.74, 6) is -0.146. The lowest BCUT2D eigenvalue weighted by Crippen LogP contribution is -2.34. The lowest BCUT2D eigenvalue weighted by atomic mass is 10.2. The SMILES string of the molecule is COc1ccc(NC(=S)NC(=O)c2cccc(Cl)c2)c([N+](=O)[O-])c1. The maximum absolute atomic E-state index is 12.1. The molecule has 0 saturated carbocycles. The molecular formula is C15H12ClN3O4S. The van der Waals surface area contributed by atoms with Crippen LogP contribution in [0.5, 0.6) is 5.75 Å². The molecule has 0 aromatic heterocycles. The van der Waals surface area contributed by atoms with Gasteiger partial charge in [0.1, 0.15) is 11.4 Å². The fourth-order valence-corrected chi connectivity index (χ4v) is 2.25. The number of nitrogens with zero attached hydrogens (tertiary/aromatic N) is 1. The topological polar surface area (TPSA) is 93.5 Å². The van der Waals surface area contributed by atoms with E-state index in [2.05, 4.69) is 10.6 Å². The highest BCUT2D eigenvalue weighted by Crippen LogP contribution is 2.28. The summed E-state index contributed by atoms with van der Waals surface area (Å²) >= 11 is 10.8. The molecule has 0 aliphatic carbocycles. The van der Waals surface area contributed by atoms with Gasteiger partial charge in [-0.15, -0.1) is 0 Å². The molecule has 1 amide bonds. The maximum atomic E-state index is 12.1.